The summed E-state index contributed by atoms with van der Waals surface area (Å²) in [7, 11) is 0. The Morgan fingerprint density at radius 1 is 1.57 bits per heavy atom. The molecule has 2 aromatic rings. The summed E-state index contributed by atoms with van der Waals surface area (Å²) in [6.07, 6.45) is 4.70. The van der Waals surface area contributed by atoms with Crippen molar-refractivity contribution in [2.45, 2.75) is 25.4 Å². The third-order valence-corrected chi connectivity index (χ3v) is 3.82. The monoisotopic (exact) mass is 315 g/mol. The molecule has 5 nitrogen and oxygen atoms in total. The number of nitrogens with zero attached hydrogens (tertiary/aromatic N) is 1. The van der Waals surface area contributed by atoms with Crippen molar-refractivity contribution in [3.63, 3.8) is 0 Å². The molecule has 2 atom stereocenters. The Labute approximate surface area is 132 Å². The van der Waals surface area contributed by atoms with Crippen LogP contribution in [0, 0.1) is 0 Å². The minimum atomic E-state index is -0.596. The Kier molecular flexibility index (Phi) is 4.25. The number of allylic oxidation sites excluding steroid dienone is 4. The fourth-order valence-corrected chi connectivity index (χ4v) is 2.60. The molecular weight excluding hydrogens is 297 g/mol. The van der Waals surface area contributed by atoms with Gasteiger partial charge in [-0.1, -0.05) is 6.08 Å². The van der Waals surface area contributed by atoms with Crippen LogP contribution in [0.15, 0.2) is 42.3 Å². The number of aromatic nitrogens is 2. The number of rotatable bonds is 4. The lowest BCUT2D eigenvalue weighted by atomic mass is 9.94. The largest absolute Gasteiger partial charge is 0.392 e. The van der Waals surface area contributed by atoms with Gasteiger partial charge >= 0.3 is 0 Å². The Bertz CT molecular complexity index is 792. The molecule has 0 spiro atoms. The molecule has 0 radical (unpaired) electrons. The van der Waals surface area contributed by atoms with Crippen molar-refractivity contribution < 1.29 is 14.3 Å². The van der Waals surface area contributed by atoms with Crippen molar-refractivity contribution >= 4 is 16.8 Å². The minimum absolute atomic E-state index is 0.0148. The number of aliphatic hydroxyl groups excluding tert-OH is 1. The van der Waals surface area contributed by atoms with E-state index in [1.807, 2.05) is 0 Å². The first-order valence-electron chi connectivity index (χ1n) is 7.52. The summed E-state index contributed by atoms with van der Waals surface area (Å²) >= 11 is 0. The zero-order chi connectivity index (χ0) is 16.4. The molecule has 1 aliphatic carbocycles. The molecule has 0 bridgehead atoms. The highest BCUT2D eigenvalue weighted by molar-refractivity contribution is 5.98. The summed E-state index contributed by atoms with van der Waals surface area (Å²) < 4.78 is 13.1. The zero-order valence-electron chi connectivity index (χ0n) is 12.7. The molecule has 0 saturated heterocycles. The number of hydrogen-bond donors (Lipinski definition) is 3. The standard InChI is InChI=1S/C17H18FN3O2/c1-10(22)9-19-17(23)12-4-7-15-14(8-12)16(21-20-15)11-2-5-13(18)6-3-11/h2,4-8,10-11,22H,3,9H2,1H3,(H,19,23)(H,20,21). The van der Waals surface area contributed by atoms with Gasteiger partial charge in [-0.3, -0.25) is 9.89 Å². The summed E-state index contributed by atoms with van der Waals surface area (Å²) in [5.41, 5.74) is 2.13. The van der Waals surface area contributed by atoms with Crippen molar-refractivity contribution in [3.8, 4) is 0 Å². The summed E-state index contributed by atoms with van der Waals surface area (Å²) in [6, 6.07) is 5.28. The number of carbonyl (C=O) groups is 1. The molecule has 1 amide bonds. The second-order valence-corrected chi connectivity index (χ2v) is 5.72. The average molecular weight is 315 g/mol. The van der Waals surface area contributed by atoms with Crippen LogP contribution in [0.3, 0.4) is 0 Å². The molecule has 2 unspecified atom stereocenters. The summed E-state index contributed by atoms with van der Waals surface area (Å²) in [5.74, 6) is -0.497. The molecule has 3 rings (SSSR count). The zero-order valence-corrected chi connectivity index (χ0v) is 12.7. The van der Waals surface area contributed by atoms with E-state index in [0.29, 0.717) is 12.0 Å². The number of carbonyl (C=O) groups excluding carboxylic acids is 1. The van der Waals surface area contributed by atoms with Crippen LogP contribution < -0.4 is 5.32 Å². The third-order valence-electron chi connectivity index (χ3n) is 3.82. The number of aliphatic hydroxyl groups is 1. The van der Waals surface area contributed by atoms with Gasteiger partial charge in [-0.2, -0.15) is 5.10 Å². The van der Waals surface area contributed by atoms with Crippen LogP contribution in [0.2, 0.25) is 0 Å². The van der Waals surface area contributed by atoms with Gasteiger partial charge in [-0.05, 0) is 43.7 Å². The summed E-state index contributed by atoms with van der Waals surface area (Å²) in [5, 5.41) is 20.0. The highest BCUT2D eigenvalue weighted by Crippen LogP contribution is 2.31. The van der Waals surface area contributed by atoms with Gasteiger partial charge in [0, 0.05) is 23.4 Å². The number of amides is 1. The first-order valence-corrected chi connectivity index (χ1v) is 7.52. The molecule has 0 aliphatic heterocycles. The van der Waals surface area contributed by atoms with Crippen LogP contribution in [0.5, 0.6) is 0 Å². The van der Waals surface area contributed by atoms with Crippen molar-refractivity contribution in [1.82, 2.24) is 15.5 Å². The molecule has 1 aromatic carbocycles. The van der Waals surface area contributed by atoms with E-state index in [-0.39, 0.29) is 24.2 Å². The second kappa shape index (κ2) is 6.34. The highest BCUT2D eigenvalue weighted by Gasteiger charge is 2.18. The average Bonchev–Trinajstić information content (AvgIpc) is 2.96. The number of fused-ring (bicyclic) bond motifs is 1. The molecule has 120 valence electrons. The van der Waals surface area contributed by atoms with Crippen LogP contribution in [0.25, 0.3) is 10.9 Å². The summed E-state index contributed by atoms with van der Waals surface area (Å²) in [4.78, 5) is 12.1. The van der Waals surface area contributed by atoms with E-state index in [2.05, 4.69) is 15.5 Å². The normalized spacial score (nSPS) is 18.7. The van der Waals surface area contributed by atoms with Crippen LogP contribution in [0.1, 0.15) is 35.3 Å². The maximum absolute atomic E-state index is 13.1. The number of hydrogen-bond acceptors (Lipinski definition) is 3. The minimum Gasteiger partial charge on any atom is -0.392 e. The number of halogens is 1. The van der Waals surface area contributed by atoms with Gasteiger partial charge in [0.1, 0.15) is 5.83 Å². The fourth-order valence-electron chi connectivity index (χ4n) is 2.60. The van der Waals surface area contributed by atoms with Crippen molar-refractivity contribution in [3.05, 3.63) is 53.5 Å². The van der Waals surface area contributed by atoms with Gasteiger partial charge in [-0.25, -0.2) is 4.39 Å². The SMILES string of the molecule is CC(O)CNC(=O)c1ccc2[nH]nc(C3C=CC(F)=CC3)c2c1. The van der Waals surface area contributed by atoms with Gasteiger partial charge in [0.25, 0.3) is 5.91 Å². The number of benzene rings is 1. The predicted molar refractivity (Wildman–Crippen MR) is 85.8 cm³/mol. The third kappa shape index (κ3) is 3.32. The van der Waals surface area contributed by atoms with Crippen LogP contribution >= 0.6 is 0 Å². The first-order chi connectivity index (χ1) is 11.0. The first kappa shape index (κ1) is 15.4. The van der Waals surface area contributed by atoms with Gasteiger partial charge in [0.05, 0.1) is 17.3 Å². The van der Waals surface area contributed by atoms with E-state index in [1.54, 1.807) is 31.2 Å². The highest BCUT2D eigenvalue weighted by atomic mass is 19.1. The maximum atomic E-state index is 13.1. The molecule has 1 aliphatic rings. The van der Waals surface area contributed by atoms with Crippen molar-refractivity contribution in [2.24, 2.45) is 0 Å². The lowest BCUT2D eigenvalue weighted by molar-refractivity contribution is 0.0924. The summed E-state index contributed by atoms with van der Waals surface area (Å²) in [6.45, 7) is 1.81. The Morgan fingerprint density at radius 3 is 3.09 bits per heavy atom. The van der Waals surface area contributed by atoms with E-state index < -0.39 is 6.10 Å². The lowest BCUT2D eigenvalue weighted by Gasteiger charge is -2.12. The molecule has 6 heteroatoms. The lowest BCUT2D eigenvalue weighted by Crippen LogP contribution is -2.30. The molecule has 3 N–H and O–H groups in total. The Morgan fingerprint density at radius 2 is 2.39 bits per heavy atom. The number of aromatic amines is 1. The van der Waals surface area contributed by atoms with Crippen molar-refractivity contribution in [1.29, 1.82) is 0 Å². The smallest absolute Gasteiger partial charge is 0.251 e. The van der Waals surface area contributed by atoms with E-state index in [0.717, 1.165) is 16.6 Å². The van der Waals surface area contributed by atoms with E-state index in [1.165, 1.54) is 12.2 Å². The van der Waals surface area contributed by atoms with Crippen molar-refractivity contribution in [2.75, 3.05) is 6.54 Å². The van der Waals surface area contributed by atoms with Gasteiger partial charge in [0.15, 0.2) is 0 Å². The van der Waals surface area contributed by atoms with Crippen LogP contribution in [-0.4, -0.2) is 33.9 Å². The topological polar surface area (TPSA) is 78.0 Å². The number of H-pyrrole nitrogens is 1. The Hall–Kier alpha value is -2.47. The second-order valence-electron chi connectivity index (χ2n) is 5.72. The maximum Gasteiger partial charge on any atom is 0.251 e. The molecular formula is C17H18FN3O2. The van der Waals surface area contributed by atoms with E-state index in [9.17, 15) is 14.3 Å². The molecule has 23 heavy (non-hydrogen) atoms. The predicted octanol–water partition coefficient (Wildman–Crippen LogP) is 2.57. The van der Waals surface area contributed by atoms with E-state index in [4.69, 9.17) is 0 Å². The van der Waals surface area contributed by atoms with E-state index >= 15 is 0 Å². The Balaban J connectivity index is 1.88. The van der Waals surface area contributed by atoms with Gasteiger partial charge < -0.3 is 10.4 Å². The number of nitrogens with one attached hydrogen (secondary N) is 2. The van der Waals surface area contributed by atoms with Crippen LogP contribution in [-0.2, 0) is 0 Å². The molecule has 1 heterocycles. The molecule has 0 fully saturated rings. The molecule has 0 saturated carbocycles. The van der Waals surface area contributed by atoms with Gasteiger partial charge in [-0.15, -0.1) is 0 Å². The van der Waals surface area contributed by atoms with Crippen LogP contribution in [0.4, 0.5) is 4.39 Å². The molecule has 1 aromatic heterocycles. The quantitative estimate of drug-likeness (QED) is 0.811. The van der Waals surface area contributed by atoms with Gasteiger partial charge in [0.2, 0.25) is 0 Å². The fraction of sp³-hybridized carbons (Fsp3) is 0.294.